The van der Waals surface area contributed by atoms with Crippen molar-refractivity contribution in [3.05, 3.63) is 66.2 Å². The molecule has 0 aliphatic rings. The number of ether oxygens (including phenoxy) is 1. The maximum atomic E-state index is 12.2. The zero-order valence-electron chi connectivity index (χ0n) is 14.3. The van der Waals surface area contributed by atoms with E-state index in [1.807, 2.05) is 36.4 Å². The Hall–Kier alpha value is -1.83. The first-order chi connectivity index (χ1) is 12.2. The normalized spacial score (nSPS) is 11.6. The topological polar surface area (TPSA) is 55.4 Å². The van der Waals surface area contributed by atoms with Crippen LogP contribution in [0.3, 0.4) is 0 Å². The summed E-state index contributed by atoms with van der Waals surface area (Å²) in [6.07, 6.45) is 1.74. The Kier molecular flexibility index (Phi) is 8.51. The van der Waals surface area contributed by atoms with Gasteiger partial charge in [0, 0.05) is 0 Å². The maximum absolute atomic E-state index is 12.2. The molecule has 0 saturated carbocycles. The number of methoxy groups -OCH3 is 1. The number of amides is 1. The van der Waals surface area contributed by atoms with Crippen LogP contribution in [0.25, 0.3) is 0 Å². The molecule has 0 fully saturated rings. The fourth-order valence-electron chi connectivity index (χ4n) is 2.39. The molecule has 0 spiro atoms. The monoisotopic (exact) mass is 455 g/mol. The van der Waals surface area contributed by atoms with E-state index < -0.39 is 12.0 Å². The summed E-state index contributed by atoms with van der Waals surface area (Å²) in [6, 6.07) is 19.4. The van der Waals surface area contributed by atoms with E-state index in [0.29, 0.717) is 12.8 Å². The van der Waals surface area contributed by atoms with Crippen LogP contribution in [-0.2, 0) is 20.7 Å². The van der Waals surface area contributed by atoms with Crippen molar-refractivity contribution in [2.24, 2.45) is 0 Å². The van der Waals surface area contributed by atoms with Gasteiger partial charge >= 0.3 is 159 Å². The molecule has 0 unspecified atom stereocenters. The van der Waals surface area contributed by atoms with Crippen LogP contribution >= 0.6 is 0 Å². The summed E-state index contributed by atoms with van der Waals surface area (Å²) >= 11 is -0.238. The van der Waals surface area contributed by atoms with Gasteiger partial charge in [0.15, 0.2) is 0 Å². The van der Waals surface area contributed by atoms with Crippen LogP contribution < -0.4 is 8.93 Å². The summed E-state index contributed by atoms with van der Waals surface area (Å²) in [7, 11) is 1.34. The van der Waals surface area contributed by atoms with E-state index in [1.165, 1.54) is 10.7 Å². The SMILES string of the molecule is COC(=O)[C@H](Cc1ccccc1)NC(=O)CCC[Te]c1ccccc1. The van der Waals surface area contributed by atoms with Crippen LogP contribution in [0.5, 0.6) is 0 Å². The molecule has 0 aromatic heterocycles. The summed E-state index contributed by atoms with van der Waals surface area (Å²) < 4.78 is 7.30. The van der Waals surface area contributed by atoms with Gasteiger partial charge in [-0.1, -0.05) is 0 Å². The van der Waals surface area contributed by atoms with Crippen LogP contribution in [-0.4, -0.2) is 46.0 Å². The zero-order chi connectivity index (χ0) is 17.9. The van der Waals surface area contributed by atoms with Gasteiger partial charge < -0.3 is 0 Å². The third-order valence-electron chi connectivity index (χ3n) is 3.66. The Bertz CT molecular complexity index is 661. The van der Waals surface area contributed by atoms with Gasteiger partial charge in [-0.25, -0.2) is 0 Å². The molecule has 132 valence electrons. The first-order valence-corrected chi connectivity index (χ1v) is 11.1. The van der Waals surface area contributed by atoms with Crippen LogP contribution in [0.1, 0.15) is 18.4 Å². The van der Waals surface area contributed by atoms with Crippen molar-refractivity contribution < 1.29 is 14.3 Å². The van der Waals surface area contributed by atoms with E-state index >= 15 is 0 Å². The summed E-state index contributed by atoms with van der Waals surface area (Å²) in [5.41, 5.74) is 0.995. The predicted octanol–water partition coefficient (Wildman–Crippen LogP) is 2.12. The molecule has 0 radical (unpaired) electrons. The van der Waals surface area contributed by atoms with Gasteiger partial charge in [-0.2, -0.15) is 0 Å². The molecular weight excluding hydrogens is 430 g/mol. The van der Waals surface area contributed by atoms with Gasteiger partial charge in [-0.3, -0.25) is 0 Å². The fraction of sp³-hybridized carbons (Fsp3) is 0.300. The molecular formula is C20H23NO3Te. The Morgan fingerprint density at radius 3 is 2.32 bits per heavy atom. The molecule has 0 bridgehead atoms. The molecule has 4 nitrogen and oxygen atoms in total. The molecule has 2 aromatic carbocycles. The average Bonchev–Trinajstić information content (AvgIpc) is 2.66. The molecule has 25 heavy (non-hydrogen) atoms. The second-order valence-electron chi connectivity index (χ2n) is 5.60. The van der Waals surface area contributed by atoms with Crippen LogP contribution in [0.2, 0.25) is 4.47 Å². The first kappa shape index (κ1) is 19.5. The van der Waals surface area contributed by atoms with Gasteiger partial charge in [0.2, 0.25) is 0 Å². The van der Waals surface area contributed by atoms with E-state index in [-0.39, 0.29) is 26.8 Å². The van der Waals surface area contributed by atoms with Gasteiger partial charge in [-0.15, -0.1) is 0 Å². The number of rotatable bonds is 9. The minimum atomic E-state index is -0.634. The Labute approximate surface area is 159 Å². The van der Waals surface area contributed by atoms with Crippen molar-refractivity contribution >= 4 is 36.4 Å². The van der Waals surface area contributed by atoms with Crippen molar-refractivity contribution in [1.82, 2.24) is 5.32 Å². The Balaban J connectivity index is 1.77. The average molecular weight is 453 g/mol. The van der Waals surface area contributed by atoms with E-state index in [2.05, 4.69) is 29.6 Å². The molecule has 2 aromatic rings. The van der Waals surface area contributed by atoms with E-state index in [4.69, 9.17) is 4.74 Å². The van der Waals surface area contributed by atoms with Crippen LogP contribution in [0.4, 0.5) is 0 Å². The van der Waals surface area contributed by atoms with Crippen molar-refractivity contribution in [2.45, 2.75) is 29.8 Å². The predicted molar refractivity (Wildman–Crippen MR) is 100.0 cm³/mol. The van der Waals surface area contributed by atoms with Crippen molar-refractivity contribution in [2.75, 3.05) is 7.11 Å². The number of benzene rings is 2. The van der Waals surface area contributed by atoms with Gasteiger partial charge in [0.25, 0.3) is 0 Å². The van der Waals surface area contributed by atoms with Crippen LogP contribution in [0, 0.1) is 0 Å². The van der Waals surface area contributed by atoms with E-state index in [0.717, 1.165) is 16.5 Å². The quantitative estimate of drug-likeness (QED) is 0.360. The molecule has 1 atom stereocenters. The third kappa shape index (κ3) is 7.29. The number of hydrogen-bond acceptors (Lipinski definition) is 3. The summed E-state index contributed by atoms with van der Waals surface area (Å²) in [4.78, 5) is 24.1. The van der Waals surface area contributed by atoms with E-state index in [1.54, 1.807) is 0 Å². The summed E-state index contributed by atoms with van der Waals surface area (Å²) in [5, 5.41) is 2.82. The second kappa shape index (κ2) is 10.9. The van der Waals surface area contributed by atoms with Gasteiger partial charge in [0.05, 0.1) is 0 Å². The summed E-state index contributed by atoms with van der Waals surface area (Å²) in [6.45, 7) is 0. The Morgan fingerprint density at radius 1 is 1.04 bits per heavy atom. The van der Waals surface area contributed by atoms with Gasteiger partial charge in [-0.05, 0) is 0 Å². The van der Waals surface area contributed by atoms with Gasteiger partial charge in [0.1, 0.15) is 0 Å². The fourth-order valence-corrected chi connectivity index (χ4v) is 4.89. The standard InChI is InChI=1S/C20H23NO3Te/c1-24-20(23)18(15-16-9-4-2-5-10-16)21-19(22)13-8-14-25-17-11-6-3-7-12-17/h2-7,9-12,18H,8,13-15H2,1H3,(H,21,22)/t18-/m0/s1. The molecule has 1 N–H and O–H groups in total. The van der Waals surface area contributed by atoms with Crippen molar-refractivity contribution in [3.8, 4) is 0 Å². The molecule has 5 heteroatoms. The molecule has 0 saturated heterocycles. The van der Waals surface area contributed by atoms with Crippen LogP contribution in [0.15, 0.2) is 60.7 Å². The molecule has 0 aliphatic heterocycles. The number of carbonyl (C=O) groups is 2. The van der Waals surface area contributed by atoms with Crippen molar-refractivity contribution in [3.63, 3.8) is 0 Å². The first-order valence-electron chi connectivity index (χ1n) is 8.28. The Morgan fingerprint density at radius 2 is 1.68 bits per heavy atom. The molecule has 1 amide bonds. The zero-order valence-corrected chi connectivity index (χ0v) is 16.6. The van der Waals surface area contributed by atoms with E-state index in [9.17, 15) is 9.59 Å². The third-order valence-corrected chi connectivity index (χ3v) is 6.80. The molecule has 0 heterocycles. The molecule has 0 aliphatic carbocycles. The second-order valence-corrected chi connectivity index (χ2v) is 8.93. The number of nitrogens with one attached hydrogen (secondary N) is 1. The number of esters is 1. The summed E-state index contributed by atoms with van der Waals surface area (Å²) in [5.74, 6) is -0.498. The minimum absolute atomic E-state index is 0.0909. The molecule has 2 rings (SSSR count). The van der Waals surface area contributed by atoms with Crippen molar-refractivity contribution in [1.29, 1.82) is 0 Å². The number of carbonyl (C=O) groups excluding carboxylic acids is 2. The number of hydrogen-bond donors (Lipinski definition) is 1.